The molecule has 5 N–H and O–H groups in total. The average molecular weight is 346 g/mol. The summed E-state index contributed by atoms with van der Waals surface area (Å²) >= 11 is 0. The van der Waals surface area contributed by atoms with E-state index >= 15 is 0 Å². The van der Waals surface area contributed by atoms with E-state index in [2.05, 4.69) is 5.73 Å². The monoisotopic (exact) mass is 346 g/mol. The topological polar surface area (TPSA) is 113 Å². The van der Waals surface area contributed by atoms with Gasteiger partial charge in [-0.3, -0.25) is 5.73 Å². The Morgan fingerprint density at radius 1 is 0.957 bits per heavy atom. The molecule has 12 heteroatoms. The molecule has 0 aliphatic heterocycles. The van der Waals surface area contributed by atoms with Gasteiger partial charge in [-0.15, -0.1) is 0 Å². The minimum absolute atomic E-state index is 0.361. The summed E-state index contributed by atoms with van der Waals surface area (Å²) < 4.78 is 75.9. The van der Waals surface area contributed by atoms with Crippen molar-refractivity contribution in [3.63, 3.8) is 0 Å². The summed E-state index contributed by atoms with van der Waals surface area (Å²) in [5, 5.41) is 18.5. The smallest absolute Gasteiger partial charge is 0.460 e. The number of nitrogens with one attached hydrogen (secondary N) is 1. The van der Waals surface area contributed by atoms with Gasteiger partial charge in [0.25, 0.3) is 0 Å². The Labute approximate surface area is 123 Å². The minimum atomic E-state index is -6.32. The number of carboxylic acid groups (broad SMARTS) is 2. The van der Waals surface area contributed by atoms with Crippen molar-refractivity contribution in [2.24, 2.45) is 5.73 Å². The van der Waals surface area contributed by atoms with E-state index in [-0.39, 0.29) is 0 Å². The first kappa shape index (κ1) is 18.5. The number of anilines is 1. The minimum Gasteiger partial charge on any atom is -0.478 e. The largest absolute Gasteiger partial charge is 0.478 e. The summed E-state index contributed by atoms with van der Waals surface area (Å²) in [4.78, 5) is 21.6. The predicted octanol–water partition coefficient (Wildman–Crippen LogP) is 2.27. The molecule has 0 fully saturated rings. The van der Waals surface area contributed by atoms with Crippen LogP contribution in [0.25, 0.3) is 0 Å². The molecule has 1 atom stereocenters. The van der Waals surface area contributed by atoms with Gasteiger partial charge >= 0.3 is 30.0 Å². The molecule has 23 heavy (non-hydrogen) atoms. The van der Waals surface area contributed by atoms with Crippen molar-refractivity contribution < 1.29 is 46.1 Å². The fraction of sp³-hybridized carbons (Fsp3) is 0.273. The van der Waals surface area contributed by atoms with Gasteiger partial charge in [-0.25, -0.2) is 9.59 Å². The van der Waals surface area contributed by atoms with E-state index in [1.807, 2.05) is 0 Å². The van der Waals surface area contributed by atoms with E-state index in [4.69, 9.17) is 10.2 Å². The van der Waals surface area contributed by atoms with Crippen LogP contribution in [0.2, 0.25) is 0 Å². The van der Waals surface area contributed by atoms with Gasteiger partial charge in [0.1, 0.15) is 0 Å². The molecule has 1 aromatic carbocycles. The van der Waals surface area contributed by atoms with Gasteiger partial charge in [-0.05, 0) is 18.2 Å². The Morgan fingerprint density at radius 2 is 1.43 bits per heavy atom. The maximum atomic E-state index is 13.6. The first-order valence-corrected chi connectivity index (χ1v) is 5.52. The number of carbonyl (C=O) groups is 2. The van der Waals surface area contributed by atoms with E-state index in [9.17, 15) is 35.9 Å². The normalized spacial score (nSPS) is 14.9. The van der Waals surface area contributed by atoms with Crippen molar-refractivity contribution in [3.8, 4) is 0 Å². The van der Waals surface area contributed by atoms with E-state index in [0.29, 0.717) is 18.2 Å². The van der Waals surface area contributed by atoms with Gasteiger partial charge in [0, 0.05) is 5.69 Å². The standard InChI is InChI=1S/C11H8F6N2O4/c12-9(13,10(14,15)16)11(17,18)19-4-1-2-5(7(20)21)6(3-4)8(22)23/h1-3,19H,18H2,(H,20,21)(H,22,23). The summed E-state index contributed by atoms with van der Waals surface area (Å²) in [6, 6.07) is 1.53. The molecule has 0 heterocycles. The lowest BCUT2D eigenvalue weighted by Gasteiger charge is -2.32. The number of nitrogens with two attached hydrogens (primary N) is 1. The molecule has 0 saturated carbocycles. The van der Waals surface area contributed by atoms with Gasteiger partial charge in [-0.1, -0.05) is 0 Å². The molecule has 0 aliphatic carbocycles. The summed E-state index contributed by atoms with van der Waals surface area (Å²) in [5.41, 5.74) is 1.69. The Bertz CT molecular complexity index is 644. The summed E-state index contributed by atoms with van der Waals surface area (Å²) in [6.07, 6.45) is -6.32. The van der Waals surface area contributed by atoms with E-state index in [0.717, 1.165) is 5.32 Å². The van der Waals surface area contributed by atoms with Crippen molar-refractivity contribution in [1.29, 1.82) is 0 Å². The zero-order valence-electron chi connectivity index (χ0n) is 10.8. The van der Waals surface area contributed by atoms with Crippen molar-refractivity contribution in [1.82, 2.24) is 0 Å². The first-order valence-electron chi connectivity index (χ1n) is 5.52. The molecule has 0 spiro atoms. The van der Waals surface area contributed by atoms with Gasteiger partial charge in [0.2, 0.25) is 0 Å². The first-order chi connectivity index (χ1) is 10.2. The lowest BCUT2D eigenvalue weighted by atomic mass is 10.1. The Hall–Kier alpha value is -2.50. The van der Waals surface area contributed by atoms with Crippen LogP contribution in [0.1, 0.15) is 20.7 Å². The number of hydrogen-bond acceptors (Lipinski definition) is 4. The molecular weight excluding hydrogens is 338 g/mol. The highest BCUT2D eigenvalue weighted by atomic mass is 19.4. The van der Waals surface area contributed by atoms with Crippen LogP contribution < -0.4 is 11.1 Å². The van der Waals surface area contributed by atoms with Gasteiger partial charge in [0.15, 0.2) is 0 Å². The molecule has 0 bridgehead atoms. The zero-order valence-corrected chi connectivity index (χ0v) is 10.8. The number of benzene rings is 1. The number of halogens is 6. The third-order valence-corrected chi connectivity index (χ3v) is 2.62. The number of aromatic carboxylic acids is 2. The molecule has 0 aliphatic rings. The Morgan fingerprint density at radius 3 is 1.83 bits per heavy atom. The Kier molecular flexibility index (Phi) is 4.52. The highest BCUT2D eigenvalue weighted by molar-refractivity contribution is 6.02. The molecule has 6 nitrogen and oxygen atoms in total. The second-order valence-electron chi connectivity index (χ2n) is 4.28. The van der Waals surface area contributed by atoms with E-state index < -0.39 is 46.8 Å². The van der Waals surface area contributed by atoms with Gasteiger partial charge in [0.05, 0.1) is 11.1 Å². The summed E-state index contributed by atoms with van der Waals surface area (Å²) in [5.74, 6) is -14.3. The maximum Gasteiger partial charge on any atom is 0.460 e. The Balaban J connectivity index is 3.27. The number of hydrogen-bond donors (Lipinski definition) is 4. The van der Waals surface area contributed by atoms with Crippen LogP contribution in [0.4, 0.5) is 32.0 Å². The molecule has 0 aromatic heterocycles. The molecule has 0 radical (unpaired) electrons. The number of rotatable bonds is 5. The van der Waals surface area contributed by atoms with Crippen LogP contribution >= 0.6 is 0 Å². The van der Waals surface area contributed by atoms with Crippen LogP contribution in [0.3, 0.4) is 0 Å². The van der Waals surface area contributed by atoms with Crippen LogP contribution in [0, 0.1) is 0 Å². The SMILES string of the molecule is NC(F)(Nc1ccc(C(=O)O)c(C(=O)O)c1)C(F)(F)C(F)(F)F. The molecular formula is C11H8F6N2O4. The average Bonchev–Trinajstić information content (AvgIpc) is 2.36. The third kappa shape index (κ3) is 3.47. The molecule has 1 rings (SSSR count). The number of carboxylic acids is 2. The molecule has 0 saturated heterocycles. The highest BCUT2D eigenvalue weighted by Crippen LogP contribution is 2.43. The van der Waals surface area contributed by atoms with Crippen molar-refractivity contribution >= 4 is 17.6 Å². The molecule has 1 aromatic rings. The molecule has 0 amide bonds. The fourth-order valence-electron chi connectivity index (χ4n) is 1.48. The van der Waals surface area contributed by atoms with Crippen molar-refractivity contribution in [3.05, 3.63) is 29.3 Å². The maximum absolute atomic E-state index is 13.6. The van der Waals surface area contributed by atoms with E-state index in [1.54, 1.807) is 0 Å². The van der Waals surface area contributed by atoms with Gasteiger partial charge in [-0.2, -0.15) is 26.3 Å². The lowest BCUT2D eigenvalue weighted by molar-refractivity contribution is -0.321. The third-order valence-electron chi connectivity index (χ3n) is 2.62. The van der Waals surface area contributed by atoms with E-state index in [1.165, 1.54) is 0 Å². The van der Waals surface area contributed by atoms with Crippen LogP contribution in [-0.4, -0.2) is 40.2 Å². The molecule has 1 unspecified atom stereocenters. The van der Waals surface area contributed by atoms with Crippen LogP contribution in [-0.2, 0) is 0 Å². The second kappa shape index (κ2) is 5.61. The van der Waals surface area contributed by atoms with Crippen molar-refractivity contribution in [2.75, 3.05) is 5.32 Å². The van der Waals surface area contributed by atoms with Crippen LogP contribution in [0.15, 0.2) is 18.2 Å². The summed E-state index contributed by atoms with van der Waals surface area (Å²) in [6.45, 7) is 0. The van der Waals surface area contributed by atoms with Crippen molar-refractivity contribution in [2.45, 2.75) is 18.0 Å². The summed E-state index contributed by atoms with van der Waals surface area (Å²) in [7, 11) is 0. The number of alkyl halides is 6. The van der Waals surface area contributed by atoms with Crippen LogP contribution in [0.5, 0.6) is 0 Å². The predicted molar refractivity (Wildman–Crippen MR) is 63.0 cm³/mol. The zero-order chi connectivity index (χ0) is 18.2. The lowest BCUT2D eigenvalue weighted by Crippen LogP contribution is -2.64. The second-order valence-corrected chi connectivity index (χ2v) is 4.28. The van der Waals surface area contributed by atoms with Gasteiger partial charge < -0.3 is 15.5 Å². The fourth-order valence-corrected chi connectivity index (χ4v) is 1.48. The quantitative estimate of drug-likeness (QED) is 0.370. The molecule has 128 valence electrons. The highest BCUT2D eigenvalue weighted by Gasteiger charge is 2.70.